The molecule has 152 valence electrons. The SMILES string of the molecule is Cn1ccnc1CN(Cc1nccn1C)[C@@H]1CO[C@H](CNC(=O)C2CC2)[C@H]1O. The Morgan fingerprint density at radius 1 is 1.21 bits per heavy atom. The second-order valence-corrected chi connectivity index (χ2v) is 7.76. The van der Waals surface area contributed by atoms with Crippen LogP contribution in [-0.2, 0) is 36.7 Å². The lowest BCUT2D eigenvalue weighted by Crippen LogP contribution is -2.47. The van der Waals surface area contributed by atoms with Crippen molar-refractivity contribution in [1.29, 1.82) is 0 Å². The largest absolute Gasteiger partial charge is 0.389 e. The Balaban J connectivity index is 1.44. The van der Waals surface area contributed by atoms with Gasteiger partial charge in [-0.15, -0.1) is 0 Å². The van der Waals surface area contributed by atoms with Gasteiger partial charge in [0.15, 0.2) is 0 Å². The summed E-state index contributed by atoms with van der Waals surface area (Å²) in [5, 5.41) is 13.8. The first-order chi connectivity index (χ1) is 13.5. The van der Waals surface area contributed by atoms with Gasteiger partial charge in [0.1, 0.15) is 17.8 Å². The molecule has 1 saturated carbocycles. The molecule has 2 aromatic rings. The minimum absolute atomic E-state index is 0.0668. The highest BCUT2D eigenvalue weighted by atomic mass is 16.5. The number of carbonyl (C=O) groups excluding carboxylic acids is 1. The minimum Gasteiger partial charge on any atom is -0.389 e. The zero-order chi connectivity index (χ0) is 19.7. The first-order valence-corrected chi connectivity index (χ1v) is 9.76. The van der Waals surface area contributed by atoms with E-state index in [9.17, 15) is 9.90 Å². The predicted octanol–water partition coefficient (Wildman–Crippen LogP) is -0.190. The Morgan fingerprint density at radius 2 is 1.82 bits per heavy atom. The van der Waals surface area contributed by atoms with Gasteiger partial charge < -0.3 is 24.3 Å². The fourth-order valence-corrected chi connectivity index (χ4v) is 3.61. The molecule has 0 unspecified atom stereocenters. The Bertz CT molecular complexity index is 772. The number of hydrogen-bond acceptors (Lipinski definition) is 6. The minimum atomic E-state index is -0.694. The van der Waals surface area contributed by atoms with E-state index in [1.807, 2.05) is 35.6 Å². The molecule has 2 aromatic heterocycles. The maximum atomic E-state index is 11.9. The van der Waals surface area contributed by atoms with Crippen molar-refractivity contribution in [2.24, 2.45) is 20.0 Å². The molecule has 4 rings (SSSR count). The molecule has 9 nitrogen and oxygen atoms in total. The van der Waals surface area contributed by atoms with Crippen molar-refractivity contribution in [2.45, 2.75) is 44.2 Å². The van der Waals surface area contributed by atoms with Crippen molar-refractivity contribution in [2.75, 3.05) is 13.2 Å². The van der Waals surface area contributed by atoms with Gasteiger partial charge in [-0.2, -0.15) is 0 Å². The van der Waals surface area contributed by atoms with Crippen LogP contribution in [0.3, 0.4) is 0 Å². The molecule has 9 heteroatoms. The second kappa shape index (κ2) is 8.02. The van der Waals surface area contributed by atoms with E-state index in [1.54, 1.807) is 12.4 Å². The number of aliphatic hydroxyl groups is 1. The molecule has 2 aliphatic rings. The average molecular weight is 388 g/mol. The highest BCUT2D eigenvalue weighted by Crippen LogP contribution is 2.29. The summed E-state index contributed by atoms with van der Waals surface area (Å²) in [6, 6.07) is -0.198. The molecular formula is C19H28N6O3. The zero-order valence-corrected chi connectivity index (χ0v) is 16.4. The number of carbonyl (C=O) groups is 1. The topological polar surface area (TPSA) is 97.4 Å². The summed E-state index contributed by atoms with van der Waals surface area (Å²) in [4.78, 5) is 22.9. The number of aliphatic hydroxyl groups excluding tert-OH is 1. The average Bonchev–Trinajstić information content (AvgIpc) is 3.20. The van der Waals surface area contributed by atoms with E-state index in [1.165, 1.54) is 0 Å². The molecule has 3 atom stereocenters. The van der Waals surface area contributed by atoms with Gasteiger partial charge in [-0.25, -0.2) is 9.97 Å². The molecule has 1 amide bonds. The second-order valence-electron chi connectivity index (χ2n) is 7.76. The highest BCUT2D eigenvalue weighted by Gasteiger charge is 2.40. The molecule has 0 radical (unpaired) electrons. The molecule has 0 aromatic carbocycles. The zero-order valence-electron chi connectivity index (χ0n) is 16.4. The highest BCUT2D eigenvalue weighted by molar-refractivity contribution is 5.80. The molecule has 0 spiro atoms. The quantitative estimate of drug-likeness (QED) is 0.651. The monoisotopic (exact) mass is 388 g/mol. The summed E-state index contributed by atoms with van der Waals surface area (Å²) < 4.78 is 9.79. The Kier molecular flexibility index (Phi) is 5.47. The van der Waals surface area contributed by atoms with Crippen molar-refractivity contribution < 1.29 is 14.6 Å². The van der Waals surface area contributed by atoms with Crippen LogP contribution in [0.15, 0.2) is 24.8 Å². The Labute approximate surface area is 164 Å². The van der Waals surface area contributed by atoms with Crippen LogP contribution < -0.4 is 5.32 Å². The van der Waals surface area contributed by atoms with E-state index in [-0.39, 0.29) is 17.9 Å². The van der Waals surface area contributed by atoms with Crippen molar-refractivity contribution in [3.05, 3.63) is 36.4 Å². The first-order valence-electron chi connectivity index (χ1n) is 9.76. The number of rotatable bonds is 8. The smallest absolute Gasteiger partial charge is 0.223 e. The van der Waals surface area contributed by atoms with E-state index >= 15 is 0 Å². The third-order valence-corrected chi connectivity index (χ3v) is 5.68. The molecule has 2 N–H and O–H groups in total. The van der Waals surface area contributed by atoms with E-state index in [2.05, 4.69) is 20.2 Å². The van der Waals surface area contributed by atoms with E-state index in [4.69, 9.17) is 4.74 Å². The van der Waals surface area contributed by atoms with Gasteiger partial charge >= 0.3 is 0 Å². The maximum absolute atomic E-state index is 11.9. The van der Waals surface area contributed by atoms with Crippen LogP contribution in [-0.4, -0.2) is 66.4 Å². The molecule has 1 aliphatic carbocycles. The van der Waals surface area contributed by atoms with Crippen molar-refractivity contribution in [3.8, 4) is 0 Å². The third-order valence-electron chi connectivity index (χ3n) is 5.68. The predicted molar refractivity (Wildman–Crippen MR) is 101 cm³/mol. The number of nitrogens with one attached hydrogen (secondary N) is 1. The fourth-order valence-electron chi connectivity index (χ4n) is 3.61. The van der Waals surface area contributed by atoms with Crippen LogP contribution in [0.2, 0.25) is 0 Å². The maximum Gasteiger partial charge on any atom is 0.223 e. The standard InChI is InChI=1S/C19H28N6O3/c1-23-7-5-20-16(23)10-25(11-17-21-6-8-24(17)2)14-12-28-15(18(14)26)9-22-19(27)13-3-4-13/h5-8,13-15,18,26H,3-4,9-12H2,1-2H3,(H,22,27)/t14-,15-,18+/m1/s1. The van der Waals surface area contributed by atoms with Crippen LogP contribution >= 0.6 is 0 Å². The molecule has 0 bridgehead atoms. The van der Waals surface area contributed by atoms with E-state index in [0.717, 1.165) is 24.5 Å². The molecule has 3 heterocycles. The van der Waals surface area contributed by atoms with Gasteiger partial charge in [0.2, 0.25) is 5.91 Å². The number of amides is 1. The van der Waals surface area contributed by atoms with Gasteiger partial charge in [-0.3, -0.25) is 9.69 Å². The van der Waals surface area contributed by atoms with Crippen LogP contribution in [0, 0.1) is 5.92 Å². The summed E-state index contributed by atoms with van der Waals surface area (Å²) in [5.74, 6) is 2.04. The number of imidazole rings is 2. The number of nitrogens with zero attached hydrogens (tertiary/aromatic N) is 5. The number of aryl methyl sites for hydroxylation is 2. The van der Waals surface area contributed by atoms with Gasteiger partial charge in [-0.05, 0) is 12.8 Å². The van der Waals surface area contributed by atoms with Crippen LogP contribution in [0.5, 0.6) is 0 Å². The molecule has 2 fully saturated rings. The van der Waals surface area contributed by atoms with Crippen molar-refractivity contribution in [3.63, 3.8) is 0 Å². The summed E-state index contributed by atoms with van der Waals surface area (Å²) in [5.41, 5.74) is 0. The fraction of sp³-hybridized carbons (Fsp3) is 0.632. The van der Waals surface area contributed by atoms with Crippen molar-refractivity contribution >= 4 is 5.91 Å². The number of hydrogen-bond donors (Lipinski definition) is 2. The lowest BCUT2D eigenvalue weighted by atomic mass is 10.1. The molecular weight excluding hydrogens is 360 g/mol. The first kappa shape index (κ1) is 19.1. The molecule has 1 aliphatic heterocycles. The van der Waals surface area contributed by atoms with Gasteiger partial charge in [-0.1, -0.05) is 0 Å². The van der Waals surface area contributed by atoms with Gasteiger partial charge in [0.05, 0.1) is 31.8 Å². The number of ether oxygens (including phenoxy) is 1. The van der Waals surface area contributed by atoms with Crippen LogP contribution in [0.4, 0.5) is 0 Å². The Hall–Kier alpha value is -2.23. The van der Waals surface area contributed by atoms with E-state index in [0.29, 0.717) is 26.2 Å². The summed E-state index contributed by atoms with van der Waals surface area (Å²) in [7, 11) is 3.91. The Morgan fingerprint density at radius 3 is 2.32 bits per heavy atom. The molecule has 1 saturated heterocycles. The van der Waals surface area contributed by atoms with Crippen LogP contribution in [0.1, 0.15) is 24.5 Å². The van der Waals surface area contributed by atoms with E-state index < -0.39 is 12.2 Å². The van der Waals surface area contributed by atoms with Crippen LogP contribution in [0.25, 0.3) is 0 Å². The normalized spacial score (nSPS) is 24.8. The van der Waals surface area contributed by atoms with Gasteiger partial charge in [0.25, 0.3) is 0 Å². The van der Waals surface area contributed by atoms with Gasteiger partial charge in [0, 0.05) is 51.3 Å². The van der Waals surface area contributed by atoms with Crippen molar-refractivity contribution in [1.82, 2.24) is 29.3 Å². The summed E-state index contributed by atoms with van der Waals surface area (Å²) in [6.07, 6.45) is 8.18. The summed E-state index contributed by atoms with van der Waals surface area (Å²) in [6.45, 7) is 1.89. The number of aromatic nitrogens is 4. The summed E-state index contributed by atoms with van der Waals surface area (Å²) >= 11 is 0. The third kappa shape index (κ3) is 4.11. The lowest BCUT2D eigenvalue weighted by molar-refractivity contribution is -0.123. The lowest BCUT2D eigenvalue weighted by Gasteiger charge is -2.30. The molecule has 28 heavy (non-hydrogen) atoms.